The summed E-state index contributed by atoms with van der Waals surface area (Å²) in [6, 6.07) is 4.02. The number of imidazole rings is 1. The van der Waals surface area contributed by atoms with Crippen LogP contribution < -0.4 is 5.32 Å². The topological polar surface area (TPSA) is 70.2 Å². The number of aromatic amines is 1. The van der Waals surface area contributed by atoms with Gasteiger partial charge in [-0.2, -0.15) is 18.2 Å². The first kappa shape index (κ1) is 17.8. The summed E-state index contributed by atoms with van der Waals surface area (Å²) in [5.41, 5.74) is -0.229. The highest BCUT2D eigenvalue weighted by atomic mass is 19.4. The van der Waals surface area contributed by atoms with E-state index in [1.54, 1.807) is 0 Å². The number of rotatable bonds is 6. The highest BCUT2D eigenvalue weighted by molar-refractivity contribution is 5.87. The van der Waals surface area contributed by atoms with Gasteiger partial charge in [-0.3, -0.25) is 10.2 Å². The van der Waals surface area contributed by atoms with Gasteiger partial charge < -0.3 is 4.98 Å². The van der Waals surface area contributed by atoms with Gasteiger partial charge in [0.15, 0.2) is 0 Å². The summed E-state index contributed by atoms with van der Waals surface area (Å²) in [6.45, 7) is 2.19. The predicted octanol–water partition coefficient (Wildman–Crippen LogP) is 3.80. The van der Waals surface area contributed by atoms with E-state index in [-0.39, 0.29) is 6.54 Å². The minimum Gasteiger partial charge on any atom is -0.331 e. The number of alkyl halides is 3. The Morgan fingerprint density at radius 3 is 2.58 bits per heavy atom. The second-order valence-corrected chi connectivity index (χ2v) is 4.96. The molecule has 2 rings (SSSR count). The molecule has 9 heteroatoms. The van der Waals surface area contributed by atoms with Crippen molar-refractivity contribution in [2.75, 3.05) is 11.9 Å². The van der Waals surface area contributed by atoms with Gasteiger partial charge in [0.2, 0.25) is 0 Å². The first-order valence-electron chi connectivity index (χ1n) is 7.26. The average molecular weight is 342 g/mol. The van der Waals surface area contributed by atoms with Crippen molar-refractivity contribution in [1.29, 1.82) is 0 Å². The number of hydrogen-bond acceptors (Lipinski definition) is 3. The van der Waals surface area contributed by atoms with Gasteiger partial charge in [-0.1, -0.05) is 19.1 Å². The second-order valence-electron chi connectivity index (χ2n) is 4.96. The van der Waals surface area contributed by atoms with Crippen LogP contribution in [0.5, 0.6) is 0 Å². The van der Waals surface area contributed by atoms with E-state index >= 15 is 0 Å². The summed E-state index contributed by atoms with van der Waals surface area (Å²) < 4.78 is 37.7. The van der Waals surface area contributed by atoms with Gasteiger partial charge in [0.1, 0.15) is 5.82 Å². The van der Waals surface area contributed by atoms with E-state index in [4.69, 9.17) is 4.84 Å². The van der Waals surface area contributed by atoms with Gasteiger partial charge in [0, 0.05) is 0 Å². The molecule has 0 bridgehead atoms. The van der Waals surface area contributed by atoms with E-state index in [2.05, 4.69) is 15.3 Å². The van der Waals surface area contributed by atoms with E-state index in [0.29, 0.717) is 24.4 Å². The van der Waals surface area contributed by atoms with Crippen LogP contribution in [0.4, 0.5) is 23.8 Å². The number of halogens is 3. The number of carbonyl (C=O) groups excluding carboxylic acids is 1. The van der Waals surface area contributed by atoms with Crippen LogP contribution >= 0.6 is 0 Å². The first-order chi connectivity index (χ1) is 11.4. The van der Waals surface area contributed by atoms with Crippen LogP contribution in [0.3, 0.4) is 0 Å². The highest BCUT2D eigenvalue weighted by Gasteiger charge is 2.30. The second kappa shape index (κ2) is 7.82. The number of aromatic nitrogens is 2. The van der Waals surface area contributed by atoms with E-state index in [1.807, 2.05) is 6.92 Å². The Labute approximate surface area is 136 Å². The van der Waals surface area contributed by atoms with Gasteiger partial charge in [-0.05, 0) is 24.1 Å². The number of anilines is 1. The Balaban J connectivity index is 2.06. The molecule has 24 heavy (non-hydrogen) atoms. The standard InChI is InChI=1S/C15H17F3N4O2/c1-2-7-24-22(14(23)21-13-8-19-10-20-13)9-11-3-5-12(6-4-11)15(16,17)18/h3-6,8,10H,2,7,9H2,1H3,(H,19,20)(H,21,23). The van der Waals surface area contributed by atoms with Crippen LogP contribution in [0, 0.1) is 0 Å². The molecule has 0 atom stereocenters. The largest absolute Gasteiger partial charge is 0.416 e. The highest BCUT2D eigenvalue weighted by Crippen LogP contribution is 2.29. The van der Waals surface area contributed by atoms with Crippen LogP contribution in [0.25, 0.3) is 0 Å². The SMILES string of the molecule is CCCON(Cc1ccc(C(F)(F)F)cc1)C(=O)Nc1cnc[nH]1. The third kappa shape index (κ3) is 4.98. The summed E-state index contributed by atoms with van der Waals surface area (Å²) in [5, 5.41) is 3.61. The molecule has 0 unspecified atom stereocenters. The predicted molar refractivity (Wildman–Crippen MR) is 80.8 cm³/mol. The minimum atomic E-state index is -4.39. The Morgan fingerprint density at radius 2 is 2.04 bits per heavy atom. The molecule has 2 amide bonds. The van der Waals surface area contributed by atoms with Crippen LogP contribution in [0.1, 0.15) is 24.5 Å². The van der Waals surface area contributed by atoms with Crippen molar-refractivity contribution in [1.82, 2.24) is 15.0 Å². The van der Waals surface area contributed by atoms with E-state index in [0.717, 1.165) is 17.2 Å². The van der Waals surface area contributed by atoms with Crippen LogP contribution in [-0.2, 0) is 17.6 Å². The molecule has 0 fully saturated rings. The molecular weight excluding hydrogens is 325 g/mol. The number of hydrogen-bond donors (Lipinski definition) is 2. The van der Waals surface area contributed by atoms with Crippen molar-refractivity contribution in [3.8, 4) is 0 Å². The molecule has 2 N–H and O–H groups in total. The lowest BCUT2D eigenvalue weighted by atomic mass is 10.1. The summed E-state index contributed by atoms with van der Waals surface area (Å²) in [6.07, 6.45) is -0.882. The van der Waals surface area contributed by atoms with Crippen molar-refractivity contribution in [2.45, 2.75) is 26.1 Å². The molecule has 0 saturated carbocycles. The normalized spacial score (nSPS) is 11.3. The molecule has 1 aromatic heterocycles. The van der Waals surface area contributed by atoms with Gasteiger partial charge in [0.25, 0.3) is 0 Å². The van der Waals surface area contributed by atoms with Gasteiger partial charge in [-0.25, -0.2) is 9.78 Å². The molecule has 1 heterocycles. The Morgan fingerprint density at radius 1 is 1.33 bits per heavy atom. The fourth-order valence-corrected chi connectivity index (χ4v) is 1.84. The van der Waals surface area contributed by atoms with E-state index in [9.17, 15) is 18.0 Å². The molecule has 0 aliphatic heterocycles. The lowest BCUT2D eigenvalue weighted by Crippen LogP contribution is -2.35. The number of urea groups is 1. The fourth-order valence-electron chi connectivity index (χ4n) is 1.84. The molecule has 0 spiro atoms. The molecular formula is C15H17F3N4O2. The number of carbonyl (C=O) groups is 1. The van der Waals surface area contributed by atoms with Crippen molar-refractivity contribution in [3.63, 3.8) is 0 Å². The fraction of sp³-hybridized carbons (Fsp3) is 0.333. The third-order valence-electron chi connectivity index (χ3n) is 3.03. The molecule has 2 aromatic rings. The van der Waals surface area contributed by atoms with Crippen LogP contribution in [-0.4, -0.2) is 27.7 Å². The number of hydroxylamine groups is 2. The zero-order valence-electron chi connectivity index (χ0n) is 12.9. The monoisotopic (exact) mass is 342 g/mol. The lowest BCUT2D eigenvalue weighted by molar-refractivity contribution is -0.137. The summed E-state index contributed by atoms with van der Waals surface area (Å²) in [7, 11) is 0. The number of nitrogens with zero attached hydrogens (tertiary/aromatic N) is 2. The number of benzene rings is 1. The molecule has 6 nitrogen and oxygen atoms in total. The van der Waals surface area contributed by atoms with Crippen molar-refractivity contribution >= 4 is 11.8 Å². The summed E-state index contributed by atoms with van der Waals surface area (Å²) >= 11 is 0. The van der Waals surface area contributed by atoms with E-state index in [1.165, 1.54) is 24.7 Å². The molecule has 1 aromatic carbocycles. The average Bonchev–Trinajstić information content (AvgIpc) is 3.03. The first-order valence-corrected chi connectivity index (χ1v) is 7.26. The maximum Gasteiger partial charge on any atom is 0.416 e. The molecule has 0 radical (unpaired) electrons. The quantitative estimate of drug-likeness (QED) is 0.785. The summed E-state index contributed by atoms with van der Waals surface area (Å²) in [4.78, 5) is 24.1. The maximum atomic E-state index is 12.6. The summed E-state index contributed by atoms with van der Waals surface area (Å²) in [5.74, 6) is 0.387. The minimum absolute atomic E-state index is 0.0120. The zero-order valence-corrected chi connectivity index (χ0v) is 12.9. The van der Waals surface area contributed by atoms with E-state index < -0.39 is 17.8 Å². The Kier molecular flexibility index (Phi) is 5.80. The third-order valence-corrected chi connectivity index (χ3v) is 3.03. The van der Waals surface area contributed by atoms with Gasteiger partial charge >= 0.3 is 12.2 Å². The van der Waals surface area contributed by atoms with Crippen LogP contribution in [0.2, 0.25) is 0 Å². The molecule has 0 saturated heterocycles. The van der Waals surface area contributed by atoms with Crippen molar-refractivity contribution in [2.24, 2.45) is 0 Å². The van der Waals surface area contributed by atoms with Crippen molar-refractivity contribution in [3.05, 3.63) is 47.9 Å². The Bertz CT molecular complexity index is 642. The lowest BCUT2D eigenvalue weighted by Gasteiger charge is -2.22. The van der Waals surface area contributed by atoms with Gasteiger partial charge in [-0.15, -0.1) is 0 Å². The Hall–Kier alpha value is -2.55. The maximum absolute atomic E-state index is 12.6. The van der Waals surface area contributed by atoms with Crippen molar-refractivity contribution < 1.29 is 22.8 Å². The number of nitrogens with one attached hydrogen (secondary N) is 2. The van der Waals surface area contributed by atoms with Gasteiger partial charge in [0.05, 0.1) is 31.2 Å². The molecule has 0 aliphatic rings. The number of amides is 2. The molecule has 0 aliphatic carbocycles. The smallest absolute Gasteiger partial charge is 0.331 e. The molecule has 130 valence electrons. The number of H-pyrrole nitrogens is 1. The van der Waals surface area contributed by atoms with Crippen LogP contribution in [0.15, 0.2) is 36.8 Å². The zero-order chi connectivity index (χ0) is 17.6.